The van der Waals surface area contributed by atoms with Crippen molar-refractivity contribution >= 4 is 12.4 Å². The Morgan fingerprint density at radius 1 is 1.36 bits per heavy atom. The molecule has 1 aliphatic rings. The first-order chi connectivity index (χ1) is 9.99. The van der Waals surface area contributed by atoms with Crippen LogP contribution in [0.15, 0.2) is 18.2 Å². The Bertz CT molecular complexity index is 477. The molecule has 1 aromatic rings. The summed E-state index contributed by atoms with van der Waals surface area (Å²) < 4.78 is 34.1. The highest BCUT2D eigenvalue weighted by atomic mass is 35.5. The first kappa shape index (κ1) is 18.9. The lowest BCUT2D eigenvalue weighted by Gasteiger charge is -2.35. The van der Waals surface area contributed by atoms with E-state index < -0.39 is 6.61 Å². The van der Waals surface area contributed by atoms with Gasteiger partial charge in [-0.25, -0.2) is 0 Å². The minimum atomic E-state index is -2.85. The van der Waals surface area contributed by atoms with E-state index in [1.54, 1.807) is 12.1 Å². The first-order valence-corrected chi connectivity index (χ1v) is 7.09. The second kappa shape index (κ2) is 8.50. The second-order valence-corrected chi connectivity index (χ2v) is 5.53. The minimum Gasteiger partial charge on any atom is -0.493 e. The summed E-state index contributed by atoms with van der Waals surface area (Å²) >= 11 is 0. The Morgan fingerprint density at radius 3 is 2.68 bits per heavy atom. The molecule has 2 rings (SSSR count). The quantitative estimate of drug-likeness (QED) is 0.898. The van der Waals surface area contributed by atoms with Gasteiger partial charge in [-0.15, -0.1) is 12.4 Å². The molecule has 126 valence electrons. The van der Waals surface area contributed by atoms with Crippen molar-refractivity contribution in [3.8, 4) is 11.5 Å². The van der Waals surface area contributed by atoms with Crippen molar-refractivity contribution in [3.63, 3.8) is 0 Å². The van der Waals surface area contributed by atoms with Gasteiger partial charge in [0.2, 0.25) is 0 Å². The fraction of sp³-hybridized carbons (Fsp3) is 0.600. The predicted molar refractivity (Wildman–Crippen MR) is 83.9 cm³/mol. The smallest absolute Gasteiger partial charge is 0.387 e. The van der Waals surface area contributed by atoms with Crippen LogP contribution < -0.4 is 15.2 Å². The third-order valence-corrected chi connectivity index (χ3v) is 3.91. The van der Waals surface area contributed by atoms with Crippen LogP contribution in [0, 0.1) is 5.92 Å². The summed E-state index contributed by atoms with van der Waals surface area (Å²) in [4.78, 5) is 2.32. The number of methoxy groups -OCH3 is 1. The molecule has 1 saturated heterocycles. The summed E-state index contributed by atoms with van der Waals surface area (Å²) in [6.07, 6.45) is 0.977. The minimum absolute atomic E-state index is 0. The molecule has 2 unspecified atom stereocenters. The van der Waals surface area contributed by atoms with Gasteiger partial charge in [-0.2, -0.15) is 8.78 Å². The fourth-order valence-electron chi connectivity index (χ4n) is 2.66. The fourth-order valence-corrected chi connectivity index (χ4v) is 2.66. The Balaban J connectivity index is 0.00000242. The number of nitrogens with two attached hydrogens (primary N) is 1. The number of piperidine rings is 1. The average molecular weight is 337 g/mol. The van der Waals surface area contributed by atoms with Crippen LogP contribution in [0.5, 0.6) is 11.5 Å². The molecule has 0 aliphatic carbocycles. The Labute approximate surface area is 136 Å². The van der Waals surface area contributed by atoms with E-state index in [0.717, 1.165) is 31.6 Å². The third kappa shape index (κ3) is 4.97. The lowest BCUT2D eigenvalue weighted by molar-refractivity contribution is -0.0512. The Hall–Kier alpha value is -1.11. The van der Waals surface area contributed by atoms with Gasteiger partial charge in [-0.3, -0.25) is 4.90 Å². The number of hydrogen-bond acceptors (Lipinski definition) is 4. The van der Waals surface area contributed by atoms with Gasteiger partial charge >= 0.3 is 6.61 Å². The van der Waals surface area contributed by atoms with Gasteiger partial charge in [0.05, 0.1) is 7.11 Å². The van der Waals surface area contributed by atoms with Gasteiger partial charge in [0, 0.05) is 19.1 Å². The maximum atomic E-state index is 12.3. The van der Waals surface area contributed by atoms with Crippen LogP contribution in [0.25, 0.3) is 0 Å². The van der Waals surface area contributed by atoms with Gasteiger partial charge in [0.25, 0.3) is 0 Å². The lowest BCUT2D eigenvalue weighted by Crippen LogP contribution is -2.45. The number of alkyl halides is 2. The van der Waals surface area contributed by atoms with E-state index in [9.17, 15) is 8.78 Å². The molecule has 0 aromatic heterocycles. The highest BCUT2D eigenvalue weighted by Gasteiger charge is 2.23. The number of halogens is 3. The summed E-state index contributed by atoms with van der Waals surface area (Å²) in [6, 6.07) is 5.33. The molecule has 1 aromatic carbocycles. The molecule has 4 nitrogen and oxygen atoms in total. The van der Waals surface area contributed by atoms with Crippen molar-refractivity contribution in [2.75, 3.05) is 20.2 Å². The SMILES string of the molecule is COc1cc(CN2CCC(N)C(C)C2)ccc1OC(F)F.Cl. The molecule has 0 radical (unpaired) electrons. The van der Waals surface area contributed by atoms with Crippen molar-refractivity contribution in [1.29, 1.82) is 0 Å². The van der Waals surface area contributed by atoms with E-state index in [0.29, 0.717) is 11.7 Å². The van der Waals surface area contributed by atoms with E-state index in [1.807, 2.05) is 0 Å². The number of ether oxygens (including phenoxy) is 2. The molecule has 0 amide bonds. The van der Waals surface area contributed by atoms with E-state index in [4.69, 9.17) is 10.5 Å². The lowest BCUT2D eigenvalue weighted by atomic mass is 9.94. The van der Waals surface area contributed by atoms with E-state index in [1.165, 1.54) is 13.2 Å². The van der Waals surface area contributed by atoms with Crippen LogP contribution in [0.4, 0.5) is 8.78 Å². The monoisotopic (exact) mass is 336 g/mol. The zero-order chi connectivity index (χ0) is 15.4. The molecule has 2 atom stereocenters. The molecule has 22 heavy (non-hydrogen) atoms. The largest absolute Gasteiger partial charge is 0.493 e. The molecular weight excluding hydrogens is 314 g/mol. The summed E-state index contributed by atoms with van der Waals surface area (Å²) in [5.74, 6) is 0.849. The van der Waals surface area contributed by atoms with E-state index in [-0.39, 0.29) is 24.2 Å². The Morgan fingerprint density at radius 2 is 2.09 bits per heavy atom. The standard InChI is InChI=1S/C15H22F2N2O2.ClH/c1-10-8-19(6-5-12(10)18)9-11-3-4-13(21-15(16)17)14(7-11)20-2;/h3-4,7,10,12,15H,5-6,8-9,18H2,1-2H3;1H. The molecular formula is C15H23ClF2N2O2. The highest BCUT2D eigenvalue weighted by Crippen LogP contribution is 2.30. The summed E-state index contributed by atoms with van der Waals surface area (Å²) in [5.41, 5.74) is 7.02. The topological polar surface area (TPSA) is 47.7 Å². The number of hydrogen-bond donors (Lipinski definition) is 1. The summed E-state index contributed by atoms with van der Waals surface area (Å²) in [5, 5.41) is 0. The first-order valence-electron chi connectivity index (χ1n) is 7.09. The van der Waals surface area contributed by atoms with Crippen molar-refractivity contribution < 1.29 is 18.3 Å². The molecule has 0 bridgehead atoms. The van der Waals surface area contributed by atoms with Crippen LogP contribution in [0.2, 0.25) is 0 Å². The van der Waals surface area contributed by atoms with Gasteiger partial charge in [-0.05, 0) is 36.6 Å². The number of rotatable bonds is 5. The maximum Gasteiger partial charge on any atom is 0.387 e. The summed E-state index contributed by atoms with van der Waals surface area (Å²) in [7, 11) is 1.44. The molecule has 1 heterocycles. The third-order valence-electron chi connectivity index (χ3n) is 3.91. The predicted octanol–water partition coefficient (Wildman–Crippen LogP) is 2.89. The molecule has 1 aliphatic heterocycles. The molecule has 2 N–H and O–H groups in total. The molecule has 0 saturated carbocycles. The van der Waals surface area contributed by atoms with Crippen molar-refractivity contribution in [2.24, 2.45) is 11.7 Å². The van der Waals surface area contributed by atoms with E-state index >= 15 is 0 Å². The number of nitrogens with zero attached hydrogens (tertiary/aromatic N) is 1. The van der Waals surface area contributed by atoms with Crippen LogP contribution in [0.1, 0.15) is 18.9 Å². The van der Waals surface area contributed by atoms with Crippen molar-refractivity contribution in [2.45, 2.75) is 32.5 Å². The van der Waals surface area contributed by atoms with Gasteiger partial charge < -0.3 is 15.2 Å². The number of benzene rings is 1. The Kier molecular flexibility index (Phi) is 7.32. The van der Waals surface area contributed by atoms with Crippen molar-refractivity contribution in [1.82, 2.24) is 4.90 Å². The van der Waals surface area contributed by atoms with Crippen LogP contribution >= 0.6 is 12.4 Å². The zero-order valence-electron chi connectivity index (χ0n) is 12.8. The van der Waals surface area contributed by atoms with Gasteiger partial charge in [-0.1, -0.05) is 13.0 Å². The zero-order valence-corrected chi connectivity index (χ0v) is 13.6. The normalized spacial score (nSPS) is 22.3. The van der Waals surface area contributed by atoms with Crippen LogP contribution in [-0.4, -0.2) is 37.8 Å². The van der Waals surface area contributed by atoms with Gasteiger partial charge in [0.1, 0.15) is 0 Å². The van der Waals surface area contributed by atoms with Gasteiger partial charge in [0.15, 0.2) is 11.5 Å². The van der Waals surface area contributed by atoms with E-state index in [2.05, 4.69) is 16.6 Å². The summed E-state index contributed by atoms with van der Waals surface area (Å²) in [6.45, 7) is 1.94. The molecule has 1 fully saturated rings. The highest BCUT2D eigenvalue weighted by molar-refractivity contribution is 5.85. The van der Waals surface area contributed by atoms with Crippen LogP contribution in [-0.2, 0) is 6.54 Å². The van der Waals surface area contributed by atoms with Crippen LogP contribution in [0.3, 0.4) is 0 Å². The maximum absolute atomic E-state index is 12.3. The average Bonchev–Trinajstić information content (AvgIpc) is 2.44. The molecule has 0 spiro atoms. The number of likely N-dealkylation sites (tertiary alicyclic amines) is 1. The van der Waals surface area contributed by atoms with Crippen molar-refractivity contribution in [3.05, 3.63) is 23.8 Å². The second-order valence-electron chi connectivity index (χ2n) is 5.53. The molecule has 7 heteroatoms.